The zero-order valence-electron chi connectivity index (χ0n) is 11.9. The summed E-state index contributed by atoms with van der Waals surface area (Å²) in [6, 6.07) is 0. The molecule has 1 N–H and O–H groups in total. The van der Waals surface area contributed by atoms with Gasteiger partial charge >= 0.3 is 5.97 Å². The standard InChI is InChI=1S/C13H24O5/c1-9(2)13(15,8-11(14)16-5)10-6-7-17-12(3,4)18-10/h9-10,15H,6-8H2,1-5H3/t10?,13-/m0/s1. The van der Waals surface area contributed by atoms with E-state index in [1.54, 1.807) is 13.8 Å². The molecule has 1 aliphatic heterocycles. The zero-order valence-corrected chi connectivity index (χ0v) is 11.9. The molecule has 0 spiro atoms. The summed E-state index contributed by atoms with van der Waals surface area (Å²) in [6.07, 6.45) is 0.0668. The van der Waals surface area contributed by atoms with Crippen molar-refractivity contribution in [2.75, 3.05) is 13.7 Å². The molecule has 1 rings (SSSR count). The molecule has 0 amide bonds. The van der Waals surface area contributed by atoms with Crippen LogP contribution in [0.25, 0.3) is 0 Å². The van der Waals surface area contributed by atoms with Crippen LogP contribution in [0.5, 0.6) is 0 Å². The van der Waals surface area contributed by atoms with Crippen molar-refractivity contribution in [3.63, 3.8) is 0 Å². The molecule has 0 saturated carbocycles. The molecule has 0 aliphatic carbocycles. The van der Waals surface area contributed by atoms with Crippen molar-refractivity contribution in [1.82, 2.24) is 0 Å². The molecular formula is C13H24O5. The quantitative estimate of drug-likeness (QED) is 0.776. The van der Waals surface area contributed by atoms with E-state index in [1.165, 1.54) is 7.11 Å². The molecular weight excluding hydrogens is 236 g/mol. The Balaban J connectivity index is 2.86. The molecule has 2 atom stereocenters. The largest absolute Gasteiger partial charge is 0.469 e. The second kappa shape index (κ2) is 5.55. The SMILES string of the molecule is COC(=O)C[C@](O)(C(C)C)C1CCOC(C)(C)O1. The normalized spacial score (nSPS) is 26.7. The third-order valence-corrected chi connectivity index (χ3v) is 3.47. The maximum Gasteiger partial charge on any atom is 0.308 e. The fourth-order valence-corrected chi connectivity index (χ4v) is 2.19. The molecule has 1 unspecified atom stereocenters. The van der Waals surface area contributed by atoms with Gasteiger partial charge in [0.2, 0.25) is 0 Å². The van der Waals surface area contributed by atoms with Gasteiger partial charge in [0, 0.05) is 6.42 Å². The van der Waals surface area contributed by atoms with E-state index in [9.17, 15) is 9.90 Å². The van der Waals surface area contributed by atoms with Gasteiger partial charge in [-0.25, -0.2) is 0 Å². The van der Waals surface area contributed by atoms with Crippen molar-refractivity contribution in [1.29, 1.82) is 0 Å². The molecule has 1 fully saturated rings. The molecule has 0 aromatic rings. The second-order valence-corrected chi connectivity index (χ2v) is 5.54. The minimum absolute atomic E-state index is 0.0675. The highest BCUT2D eigenvalue weighted by Gasteiger charge is 2.46. The summed E-state index contributed by atoms with van der Waals surface area (Å²) in [4.78, 5) is 11.5. The summed E-state index contributed by atoms with van der Waals surface area (Å²) < 4.78 is 15.9. The Kier molecular flexibility index (Phi) is 4.75. The van der Waals surface area contributed by atoms with Crippen LogP contribution in [-0.2, 0) is 19.0 Å². The van der Waals surface area contributed by atoms with Crippen molar-refractivity contribution < 1.29 is 24.1 Å². The molecule has 0 aromatic carbocycles. The number of hydrogen-bond acceptors (Lipinski definition) is 5. The molecule has 0 bridgehead atoms. The first kappa shape index (κ1) is 15.4. The summed E-state index contributed by atoms with van der Waals surface area (Å²) >= 11 is 0. The average Bonchev–Trinajstić information content (AvgIpc) is 2.27. The summed E-state index contributed by atoms with van der Waals surface area (Å²) in [5.41, 5.74) is -1.23. The van der Waals surface area contributed by atoms with Gasteiger partial charge in [0.1, 0.15) is 5.60 Å². The molecule has 106 valence electrons. The molecule has 1 saturated heterocycles. The molecule has 5 nitrogen and oxygen atoms in total. The van der Waals surface area contributed by atoms with Crippen LogP contribution in [0.3, 0.4) is 0 Å². The summed E-state index contributed by atoms with van der Waals surface area (Å²) in [7, 11) is 1.32. The van der Waals surface area contributed by atoms with Crippen molar-refractivity contribution in [3.8, 4) is 0 Å². The van der Waals surface area contributed by atoms with E-state index < -0.39 is 23.5 Å². The summed E-state index contributed by atoms with van der Waals surface area (Å²) in [6.45, 7) is 7.85. The van der Waals surface area contributed by atoms with Gasteiger partial charge in [0.15, 0.2) is 5.79 Å². The number of hydrogen-bond donors (Lipinski definition) is 1. The second-order valence-electron chi connectivity index (χ2n) is 5.54. The molecule has 1 aliphatic rings. The Morgan fingerprint density at radius 2 is 2.17 bits per heavy atom. The van der Waals surface area contributed by atoms with Crippen LogP contribution in [0, 0.1) is 5.92 Å². The highest BCUT2D eigenvalue weighted by molar-refractivity contribution is 5.70. The van der Waals surface area contributed by atoms with Gasteiger partial charge in [-0.2, -0.15) is 0 Å². The van der Waals surface area contributed by atoms with Crippen molar-refractivity contribution in [3.05, 3.63) is 0 Å². The van der Waals surface area contributed by atoms with Crippen LogP contribution in [-0.4, -0.2) is 42.3 Å². The van der Waals surface area contributed by atoms with Crippen LogP contribution >= 0.6 is 0 Å². The third kappa shape index (κ3) is 3.43. The van der Waals surface area contributed by atoms with Gasteiger partial charge < -0.3 is 19.3 Å². The topological polar surface area (TPSA) is 65.0 Å². The fraction of sp³-hybridized carbons (Fsp3) is 0.923. The minimum Gasteiger partial charge on any atom is -0.469 e. The predicted molar refractivity (Wildman–Crippen MR) is 65.9 cm³/mol. The zero-order chi connectivity index (χ0) is 14.0. The van der Waals surface area contributed by atoms with Gasteiger partial charge in [-0.1, -0.05) is 13.8 Å². The predicted octanol–water partition coefficient (Wildman–Crippen LogP) is 1.48. The lowest BCUT2D eigenvalue weighted by Gasteiger charge is -2.45. The Morgan fingerprint density at radius 1 is 1.56 bits per heavy atom. The maximum absolute atomic E-state index is 11.5. The summed E-state index contributed by atoms with van der Waals surface area (Å²) in [5.74, 6) is -1.28. The number of aliphatic hydroxyl groups is 1. The van der Waals surface area contributed by atoms with E-state index in [2.05, 4.69) is 4.74 Å². The van der Waals surface area contributed by atoms with E-state index in [1.807, 2.05) is 13.8 Å². The number of rotatable bonds is 4. The first-order valence-corrected chi connectivity index (χ1v) is 6.32. The van der Waals surface area contributed by atoms with E-state index in [0.717, 1.165) is 0 Å². The Labute approximate surface area is 108 Å². The number of carbonyl (C=O) groups is 1. The maximum atomic E-state index is 11.5. The monoisotopic (exact) mass is 260 g/mol. The average molecular weight is 260 g/mol. The van der Waals surface area contributed by atoms with Crippen molar-refractivity contribution in [2.45, 2.75) is 58.0 Å². The van der Waals surface area contributed by atoms with Crippen LogP contribution in [0.15, 0.2) is 0 Å². The highest BCUT2D eigenvalue weighted by atomic mass is 16.7. The molecule has 18 heavy (non-hydrogen) atoms. The van der Waals surface area contributed by atoms with Crippen molar-refractivity contribution in [2.24, 2.45) is 5.92 Å². The number of esters is 1. The highest BCUT2D eigenvalue weighted by Crippen LogP contribution is 2.35. The number of carbonyl (C=O) groups excluding carboxylic acids is 1. The fourth-order valence-electron chi connectivity index (χ4n) is 2.19. The van der Waals surface area contributed by atoms with Crippen LogP contribution in [0.1, 0.15) is 40.5 Å². The lowest BCUT2D eigenvalue weighted by molar-refractivity contribution is -0.309. The lowest BCUT2D eigenvalue weighted by Crippen LogP contribution is -2.55. The molecule has 0 aromatic heterocycles. The van der Waals surface area contributed by atoms with Crippen LogP contribution in [0.4, 0.5) is 0 Å². The smallest absolute Gasteiger partial charge is 0.308 e. The van der Waals surface area contributed by atoms with Gasteiger partial charge in [0.05, 0.1) is 26.2 Å². The molecule has 0 radical (unpaired) electrons. The first-order chi connectivity index (χ1) is 8.21. The Hall–Kier alpha value is -0.650. The van der Waals surface area contributed by atoms with E-state index in [4.69, 9.17) is 9.47 Å². The molecule has 1 heterocycles. The van der Waals surface area contributed by atoms with Gasteiger partial charge in [0.25, 0.3) is 0 Å². The minimum atomic E-state index is -1.23. The van der Waals surface area contributed by atoms with Gasteiger partial charge in [-0.3, -0.25) is 4.79 Å². The van der Waals surface area contributed by atoms with Gasteiger partial charge in [-0.05, 0) is 19.8 Å². The molecule has 5 heteroatoms. The van der Waals surface area contributed by atoms with Crippen LogP contribution < -0.4 is 0 Å². The number of ether oxygens (including phenoxy) is 3. The Morgan fingerprint density at radius 3 is 2.61 bits per heavy atom. The number of methoxy groups -OCH3 is 1. The lowest BCUT2D eigenvalue weighted by atomic mass is 9.80. The van der Waals surface area contributed by atoms with Crippen LogP contribution in [0.2, 0.25) is 0 Å². The van der Waals surface area contributed by atoms with E-state index >= 15 is 0 Å². The first-order valence-electron chi connectivity index (χ1n) is 6.32. The van der Waals surface area contributed by atoms with Gasteiger partial charge in [-0.15, -0.1) is 0 Å². The third-order valence-electron chi connectivity index (χ3n) is 3.47. The van der Waals surface area contributed by atoms with Crippen molar-refractivity contribution >= 4 is 5.97 Å². The van der Waals surface area contributed by atoms with E-state index in [-0.39, 0.29) is 12.3 Å². The Bertz CT molecular complexity index is 300. The summed E-state index contributed by atoms with van der Waals surface area (Å²) in [5, 5.41) is 10.8. The van der Waals surface area contributed by atoms with E-state index in [0.29, 0.717) is 13.0 Å².